The van der Waals surface area contributed by atoms with Gasteiger partial charge in [0.2, 0.25) is 0 Å². The van der Waals surface area contributed by atoms with Crippen LogP contribution in [0, 0.1) is 0 Å². The van der Waals surface area contributed by atoms with Gasteiger partial charge < -0.3 is 10.2 Å². The van der Waals surface area contributed by atoms with Crippen molar-refractivity contribution in [3.05, 3.63) is 57.4 Å². The van der Waals surface area contributed by atoms with E-state index < -0.39 is 0 Å². The largest absolute Gasteiger partial charge is 0.371 e. The molecule has 0 bridgehead atoms. The zero-order valence-corrected chi connectivity index (χ0v) is 15.7. The van der Waals surface area contributed by atoms with Crippen LogP contribution in [0.4, 0.5) is 11.4 Å². The van der Waals surface area contributed by atoms with Crippen LogP contribution in [-0.4, -0.2) is 19.0 Å². The Bertz CT molecular complexity index is 948. The highest BCUT2D eigenvalue weighted by Gasteiger charge is 2.18. The molecule has 0 aliphatic carbocycles. The van der Waals surface area contributed by atoms with Crippen LogP contribution in [0.1, 0.15) is 22.5 Å². The van der Waals surface area contributed by atoms with Crippen molar-refractivity contribution in [1.29, 1.82) is 0 Å². The average molecular weight is 391 g/mol. The Morgan fingerprint density at radius 1 is 1.08 bits per heavy atom. The number of thiophene rings is 1. The fraction of sp³-hybridized carbons (Fsp3) is 0.211. The Morgan fingerprint density at radius 3 is 2.68 bits per heavy atom. The van der Waals surface area contributed by atoms with Crippen LogP contribution >= 0.6 is 34.5 Å². The zero-order chi connectivity index (χ0) is 17.4. The van der Waals surface area contributed by atoms with Gasteiger partial charge in [0.05, 0.1) is 5.02 Å². The third-order valence-electron chi connectivity index (χ3n) is 4.37. The van der Waals surface area contributed by atoms with Gasteiger partial charge in [0, 0.05) is 39.6 Å². The van der Waals surface area contributed by atoms with Gasteiger partial charge in [-0.1, -0.05) is 35.3 Å². The molecule has 3 aromatic rings. The summed E-state index contributed by atoms with van der Waals surface area (Å²) in [6.45, 7) is 2.14. The summed E-state index contributed by atoms with van der Waals surface area (Å²) in [4.78, 5) is 15.5. The molecule has 25 heavy (non-hydrogen) atoms. The molecule has 0 radical (unpaired) electrons. The molecule has 1 N–H and O–H groups in total. The van der Waals surface area contributed by atoms with Crippen LogP contribution < -0.4 is 10.2 Å². The van der Waals surface area contributed by atoms with Crippen molar-refractivity contribution < 1.29 is 4.79 Å². The molecule has 2 aromatic carbocycles. The molecule has 0 unspecified atom stereocenters. The highest BCUT2D eigenvalue weighted by Crippen LogP contribution is 2.37. The Balaban J connectivity index is 1.60. The van der Waals surface area contributed by atoms with Crippen molar-refractivity contribution in [1.82, 2.24) is 0 Å². The van der Waals surface area contributed by atoms with E-state index in [1.165, 1.54) is 24.2 Å². The number of rotatable bonds is 3. The molecule has 4 rings (SSSR count). The maximum atomic E-state index is 12.7. The van der Waals surface area contributed by atoms with Gasteiger partial charge in [0.1, 0.15) is 4.88 Å². The number of amides is 1. The summed E-state index contributed by atoms with van der Waals surface area (Å²) in [6, 6.07) is 13.4. The van der Waals surface area contributed by atoms with E-state index in [9.17, 15) is 4.79 Å². The smallest absolute Gasteiger partial charge is 0.267 e. The number of carbonyl (C=O) groups excluding carboxylic acids is 1. The number of nitrogens with one attached hydrogen (secondary N) is 1. The number of nitrogens with zero attached hydrogens (tertiary/aromatic N) is 1. The van der Waals surface area contributed by atoms with Gasteiger partial charge in [-0.15, -0.1) is 11.3 Å². The first-order valence-electron chi connectivity index (χ1n) is 8.16. The highest BCUT2D eigenvalue weighted by molar-refractivity contribution is 7.21. The second kappa shape index (κ2) is 6.87. The number of halogens is 2. The van der Waals surface area contributed by atoms with E-state index in [1.807, 2.05) is 30.3 Å². The molecular formula is C19H16Cl2N2OS. The fourth-order valence-electron chi connectivity index (χ4n) is 3.13. The summed E-state index contributed by atoms with van der Waals surface area (Å²) in [5, 5.41) is 4.93. The third-order valence-corrected chi connectivity index (χ3v) is 6.26. The maximum Gasteiger partial charge on any atom is 0.267 e. The molecule has 2 heterocycles. The lowest BCUT2D eigenvalue weighted by atomic mass is 10.2. The van der Waals surface area contributed by atoms with Crippen LogP contribution in [0.15, 0.2) is 42.5 Å². The number of benzene rings is 2. The Morgan fingerprint density at radius 2 is 1.88 bits per heavy atom. The van der Waals surface area contributed by atoms with Crippen LogP contribution in [0.25, 0.3) is 10.1 Å². The van der Waals surface area contributed by atoms with Crippen LogP contribution in [0.2, 0.25) is 10.0 Å². The van der Waals surface area contributed by atoms with Crippen LogP contribution in [0.3, 0.4) is 0 Å². The fourth-order valence-corrected chi connectivity index (χ4v) is 4.82. The molecule has 6 heteroatoms. The van der Waals surface area contributed by atoms with Crippen LogP contribution in [0.5, 0.6) is 0 Å². The summed E-state index contributed by atoms with van der Waals surface area (Å²) in [5.74, 6) is -0.194. The molecule has 0 atom stereocenters. The lowest BCUT2D eigenvalue weighted by Crippen LogP contribution is -2.18. The van der Waals surface area contributed by atoms with E-state index in [-0.39, 0.29) is 5.91 Å². The number of fused-ring (bicyclic) bond motifs is 1. The summed E-state index contributed by atoms with van der Waals surface area (Å²) < 4.78 is 0.911. The van der Waals surface area contributed by atoms with Crippen molar-refractivity contribution in [3.63, 3.8) is 0 Å². The molecule has 1 fully saturated rings. The first-order chi connectivity index (χ1) is 12.1. The molecule has 1 aliphatic rings. The van der Waals surface area contributed by atoms with Crippen LogP contribution in [-0.2, 0) is 0 Å². The van der Waals surface area contributed by atoms with E-state index in [1.54, 1.807) is 6.07 Å². The minimum atomic E-state index is -0.194. The molecule has 1 amide bonds. The minimum absolute atomic E-state index is 0.194. The van der Waals surface area contributed by atoms with Crippen molar-refractivity contribution in [3.8, 4) is 0 Å². The number of carbonyl (C=O) groups is 1. The van der Waals surface area contributed by atoms with Crippen molar-refractivity contribution in [2.75, 3.05) is 23.3 Å². The number of hydrogen-bond donors (Lipinski definition) is 1. The van der Waals surface area contributed by atoms with E-state index in [0.29, 0.717) is 14.9 Å². The lowest BCUT2D eigenvalue weighted by Gasteiger charge is -2.18. The first kappa shape index (κ1) is 16.7. The van der Waals surface area contributed by atoms with Crippen molar-refractivity contribution >= 4 is 61.9 Å². The van der Waals surface area contributed by atoms with Gasteiger partial charge in [0.25, 0.3) is 5.91 Å². The second-order valence-corrected chi connectivity index (χ2v) is 7.95. The minimum Gasteiger partial charge on any atom is -0.371 e. The molecule has 1 aliphatic heterocycles. The normalized spacial score (nSPS) is 14.2. The number of hydrogen-bond acceptors (Lipinski definition) is 3. The lowest BCUT2D eigenvalue weighted by molar-refractivity contribution is 0.103. The standard InChI is InChI=1S/C19H16Cl2N2OS/c20-12-6-7-15-16(10-12)25-18(17(15)21)19(24)22-13-4-3-5-14(11-13)23-8-1-2-9-23/h3-7,10-11H,1-2,8-9H2,(H,22,24). The van der Waals surface area contributed by atoms with E-state index in [0.717, 1.165) is 34.6 Å². The van der Waals surface area contributed by atoms with Gasteiger partial charge in [-0.3, -0.25) is 4.79 Å². The molecule has 1 aromatic heterocycles. The zero-order valence-electron chi connectivity index (χ0n) is 13.4. The van der Waals surface area contributed by atoms with Crippen molar-refractivity contribution in [2.45, 2.75) is 12.8 Å². The Kier molecular flexibility index (Phi) is 4.59. The molecule has 3 nitrogen and oxygen atoms in total. The van der Waals surface area contributed by atoms with Gasteiger partial charge in [-0.05, 0) is 43.2 Å². The molecular weight excluding hydrogens is 375 g/mol. The first-order valence-corrected chi connectivity index (χ1v) is 9.73. The highest BCUT2D eigenvalue weighted by atomic mass is 35.5. The van der Waals surface area contributed by atoms with E-state index in [4.69, 9.17) is 23.2 Å². The third kappa shape index (κ3) is 3.34. The summed E-state index contributed by atoms with van der Waals surface area (Å²) in [7, 11) is 0. The average Bonchev–Trinajstić information content (AvgIpc) is 3.23. The quantitative estimate of drug-likeness (QED) is 0.589. The molecule has 0 saturated carbocycles. The van der Waals surface area contributed by atoms with Gasteiger partial charge in [0.15, 0.2) is 0 Å². The topological polar surface area (TPSA) is 32.3 Å². The number of anilines is 2. The van der Waals surface area contributed by atoms with Gasteiger partial charge in [-0.2, -0.15) is 0 Å². The van der Waals surface area contributed by atoms with Gasteiger partial charge >= 0.3 is 0 Å². The van der Waals surface area contributed by atoms with Gasteiger partial charge in [-0.25, -0.2) is 0 Å². The van der Waals surface area contributed by atoms with Crippen molar-refractivity contribution in [2.24, 2.45) is 0 Å². The second-order valence-electron chi connectivity index (χ2n) is 6.08. The molecule has 128 valence electrons. The maximum absolute atomic E-state index is 12.7. The SMILES string of the molecule is O=C(Nc1cccc(N2CCCC2)c1)c1sc2cc(Cl)ccc2c1Cl. The van der Waals surface area contributed by atoms with E-state index >= 15 is 0 Å². The summed E-state index contributed by atoms with van der Waals surface area (Å²) in [6.07, 6.45) is 2.44. The summed E-state index contributed by atoms with van der Waals surface area (Å²) in [5.41, 5.74) is 1.92. The predicted octanol–water partition coefficient (Wildman–Crippen LogP) is 6.06. The predicted molar refractivity (Wildman–Crippen MR) is 108 cm³/mol. The monoisotopic (exact) mass is 390 g/mol. The summed E-state index contributed by atoms with van der Waals surface area (Å²) >= 11 is 13.8. The Hall–Kier alpha value is -1.75. The van der Waals surface area contributed by atoms with E-state index in [2.05, 4.69) is 16.3 Å². The Labute approximate surface area is 160 Å². The molecule has 1 saturated heterocycles. The molecule has 0 spiro atoms.